The predicted octanol–water partition coefficient (Wildman–Crippen LogP) is 4.56. The zero-order chi connectivity index (χ0) is 22.6. The zero-order valence-electron chi connectivity index (χ0n) is 17.3. The van der Waals surface area contributed by atoms with Crippen LogP contribution >= 0.6 is 11.8 Å². The molecule has 0 atom stereocenters. The van der Waals surface area contributed by atoms with Crippen molar-refractivity contribution in [3.05, 3.63) is 96.7 Å². The van der Waals surface area contributed by atoms with Crippen molar-refractivity contribution in [1.29, 1.82) is 0 Å². The first-order valence-electron chi connectivity index (χ1n) is 10.2. The molecule has 3 aromatic heterocycles. The Morgan fingerprint density at radius 3 is 2.55 bits per heavy atom. The first kappa shape index (κ1) is 20.9. The number of rotatable bonds is 7. The highest BCUT2D eigenvalue weighted by molar-refractivity contribution is 7.99. The number of para-hydroxylation sites is 1. The second-order valence-corrected chi connectivity index (χ2v) is 8.07. The number of benzene rings is 2. The van der Waals surface area contributed by atoms with Crippen LogP contribution in [-0.4, -0.2) is 35.9 Å². The van der Waals surface area contributed by atoms with Crippen LogP contribution in [0, 0.1) is 5.82 Å². The Morgan fingerprint density at radius 2 is 1.76 bits per heavy atom. The predicted molar refractivity (Wildman–Crippen MR) is 122 cm³/mol. The van der Waals surface area contributed by atoms with E-state index in [0.29, 0.717) is 22.2 Å². The van der Waals surface area contributed by atoms with Gasteiger partial charge >= 0.3 is 5.97 Å². The van der Waals surface area contributed by atoms with Gasteiger partial charge in [-0.1, -0.05) is 36.0 Å². The van der Waals surface area contributed by atoms with Crippen molar-refractivity contribution in [3.8, 4) is 17.1 Å². The number of fused-ring (bicyclic) bond motifs is 1. The summed E-state index contributed by atoms with van der Waals surface area (Å²) in [6.45, 7) is 0.0906. The Labute approximate surface area is 192 Å². The van der Waals surface area contributed by atoms with E-state index < -0.39 is 0 Å². The summed E-state index contributed by atoms with van der Waals surface area (Å²) < 4.78 is 22.5. The maximum atomic E-state index is 13.4. The molecule has 2 aromatic carbocycles. The molecule has 5 aromatic rings. The maximum Gasteiger partial charge on any atom is 0.316 e. The highest BCUT2D eigenvalue weighted by Crippen LogP contribution is 2.28. The third-order valence-electron chi connectivity index (χ3n) is 4.86. The van der Waals surface area contributed by atoms with Crippen molar-refractivity contribution < 1.29 is 13.9 Å². The summed E-state index contributed by atoms with van der Waals surface area (Å²) in [6.07, 6.45) is 3.72. The van der Waals surface area contributed by atoms with E-state index in [2.05, 4.69) is 15.2 Å². The molecule has 0 spiro atoms. The molecule has 5 rings (SSSR count). The second kappa shape index (κ2) is 9.25. The summed E-state index contributed by atoms with van der Waals surface area (Å²) in [6, 6.07) is 21.3. The van der Waals surface area contributed by atoms with E-state index in [-0.39, 0.29) is 24.1 Å². The van der Waals surface area contributed by atoms with Crippen LogP contribution in [0.3, 0.4) is 0 Å². The van der Waals surface area contributed by atoms with Gasteiger partial charge in [-0.25, -0.2) is 9.37 Å². The van der Waals surface area contributed by atoms with E-state index in [1.807, 2.05) is 69.9 Å². The molecule has 0 amide bonds. The summed E-state index contributed by atoms with van der Waals surface area (Å²) in [4.78, 5) is 16.8. The summed E-state index contributed by atoms with van der Waals surface area (Å²) in [5, 5.41) is 9.09. The minimum atomic E-state index is -0.386. The van der Waals surface area contributed by atoms with Gasteiger partial charge < -0.3 is 9.14 Å². The molecule has 0 radical (unpaired) electrons. The molecular weight excluding hydrogens is 441 g/mol. The third-order valence-corrected chi connectivity index (χ3v) is 5.77. The van der Waals surface area contributed by atoms with Gasteiger partial charge in [0.2, 0.25) is 0 Å². The number of carbonyl (C=O) groups excluding carboxylic acids is 1. The zero-order valence-corrected chi connectivity index (χ0v) is 18.2. The lowest BCUT2D eigenvalue weighted by Gasteiger charge is -2.10. The average molecular weight is 460 g/mol. The van der Waals surface area contributed by atoms with Crippen LogP contribution in [0.15, 0.2) is 90.3 Å². The van der Waals surface area contributed by atoms with Crippen LogP contribution < -0.4 is 0 Å². The van der Waals surface area contributed by atoms with E-state index in [1.54, 1.807) is 12.1 Å². The fourth-order valence-electron chi connectivity index (χ4n) is 3.34. The molecule has 0 aliphatic carbocycles. The molecule has 0 aliphatic rings. The fourth-order valence-corrected chi connectivity index (χ4v) is 4.09. The molecule has 0 saturated carbocycles. The van der Waals surface area contributed by atoms with Gasteiger partial charge in [0.05, 0.1) is 11.4 Å². The SMILES string of the molecule is O=C(CSc1nnc(-c2ccc(F)cc2)n1-c1ccccc1)OCc1cn2ccccc2n1. The number of hydrogen-bond acceptors (Lipinski definition) is 6. The number of ether oxygens (including phenoxy) is 1. The molecule has 33 heavy (non-hydrogen) atoms. The van der Waals surface area contributed by atoms with E-state index in [4.69, 9.17) is 4.74 Å². The van der Waals surface area contributed by atoms with Crippen molar-refractivity contribution in [2.45, 2.75) is 11.8 Å². The van der Waals surface area contributed by atoms with Crippen LogP contribution in [0.25, 0.3) is 22.7 Å². The summed E-state index contributed by atoms with van der Waals surface area (Å²) in [7, 11) is 0. The standard InChI is InChI=1S/C24H18FN5O2S/c25-18-11-9-17(10-12-18)23-27-28-24(30(23)20-6-2-1-3-7-20)33-16-22(31)32-15-19-14-29-13-5-4-8-21(29)26-19/h1-14H,15-16H2. The van der Waals surface area contributed by atoms with Gasteiger partial charge in [0.25, 0.3) is 0 Å². The van der Waals surface area contributed by atoms with Crippen LogP contribution in [0.5, 0.6) is 0 Å². The molecule has 0 unspecified atom stereocenters. The van der Waals surface area contributed by atoms with Crippen LogP contribution in [0.2, 0.25) is 0 Å². The lowest BCUT2D eigenvalue weighted by molar-refractivity contribution is -0.141. The molecule has 0 bridgehead atoms. The lowest BCUT2D eigenvalue weighted by atomic mass is 10.2. The Hall–Kier alpha value is -3.98. The number of esters is 1. The number of hydrogen-bond donors (Lipinski definition) is 0. The quantitative estimate of drug-likeness (QED) is 0.262. The number of thioether (sulfide) groups is 1. The minimum Gasteiger partial charge on any atom is -0.458 e. The molecule has 0 saturated heterocycles. The molecule has 9 heteroatoms. The molecule has 0 aliphatic heterocycles. The normalized spacial score (nSPS) is 11.1. The number of halogens is 1. The monoisotopic (exact) mass is 459 g/mol. The summed E-state index contributed by atoms with van der Waals surface area (Å²) >= 11 is 1.22. The Kier molecular flexibility index (Phi) is 5.86. The van der Waals surface area contributed by atoms with Crippen molar-refractivity contribution in [3.63, 3.8) is 0 Å². The van der Waals surface area contributed by atoms with Gasteiger partial charge in [-0.15, -0.1) is 10.2 Å². The molecule has 7 nitrogen and oxygen atoms in total. The van der Waals surface area contributed by atoms with Gasteiger partial charge in [0, 0.05) is 23.6 Å². The number of pyridine rings is 1. The summed E-state index contributed by atoms with van der Waals surface area (Å²) in [5.74, 6) is -0.0980. The lowest BCUT2D eigenvalue weighted by Crippen LogP contribution is -2.08. The van der Waals surface area contributed by atoms with Gasteiger partial charge in [-0.3, -0.25) is 9.36 Å². The highest BCUT2D eigenvalue weighted by Gasteiger charge is 2.18. The van der Waals surface area contributed by atoms with Crippen molar-refractivity contribution in [2.24, 2.45) is 0 Å². The van der Waals surface area contributed by atoms with E-state index >= 15 is 0 Å². The van der Waals surface area contributed by atoms with Gasteiger partial charge in [0.1, 0.15) is 18.1 Å². The number of aromatic nitrogens is 5. The van der Waals surface area contributed by atoms with E-state index in [9.17, 15) is 9.18 Å². The van der Waals surface area contributed by atoms with E-state index in [1.165, 1.54) is 23.9 Å². The van der Waals surface area contributed by atoms with Crippen LogP contribution in [0.1, 0.15) is 5.69 Å². The molecule has 0 fully saturated rings. The first-order chi connectivity index (χ1) is 16.2. The number of imidazole rings is 1. The smallest absolute Gasteiger partial charge is 0.316 e. The van der Waals surface area contributed by atoms with Crippen molar-refractivity contribution >= 4 is 23.4 Å². The number of carbonyl (C=O) groups is 1. The average Bonchev–Trinajstić information content (AvgIpc) is 3.46. The second-order valence-electron chi connectivity index (χ2n) is 7.13. The third kappa shape index (κ3) is 4.63. The first-order valence-corrected chi connectivity index (χ1v) is 11.1. The molecular formula is C24H18FN5O2S. The Morgan fingerprint density at radius 1 is 0.970 bits per heavy atom. The minimum absolute atomic E-state index is 0.0573. The molecule has 3 heterocycles. The summed E-state index contributed by atoms with van der Waals surface area (Å²) in [5.41, 5.74) is 3.02. The Bertz CT molecular complexity index is 1370. The van der Waals surface area contributed by atoms with Gasteiger partial charge in [0.15, 0.2) is 11.0 Å². The topological polar surface area (TPSA) is 74.3 Å². The number of nitrogens with zero attached hydrogens (tertiary/aromatic N) is 5. The van der Waals surface area contributed by atoms with Gasteiger partial charge in [-0.2, -0.15) is 0 Å². The van der Waals surface area contributed by atoms with Crippen molar-refractivity contribution in [2.75, 3.05) is 5.75 Å². The molecule has 164 valence electrons. The maximum absolute atomic E-state index is 13.4. The highest BCUT2D eigenvalue weighted by atomic mass is 32.2. The van der Waals surface area contributed by atoms with Crippen molar-refractivity contribution in [1.82, 2.24) is 24.1 Å². The fraction of sp³-hybridized carbons (Fsp3) is 0.0833. The molecule has 0 N–H and O–H groups in total. The van der Waals surface area contributed by atoms with Crippen LogP contribution in [-0.2, 0) is 16.1 Å². The largest absolute Gasteiger partial charge is 0.458 e. The van der Waals surface area contributed by atoms with Crippen LogP contribution in [0.4, 0.5) is 4.39 Å². The Balaban J connectivity index is 1.31. The van der Waals surface area contributed by atoms with Gasteiger partial charge in [-0.05, 0) is 48.5 Å². The van der Waals surface area contributed by atoms with E-state index in [0.717, 1.165) is 11.3 Å².